The number of piperidine rings is 3. The second kappa shape index (κ2) is 13.2. The number of carboxylic acid groups (broad SMARTS) is 1. The number of halogens is 3. The Bertz CT molecular complexity index is 1410. The number of ether oxygens (including phenoxy) is 1. The van der Waals surface area contributed by atoms with E-state index in [9.17, 15) is 27.9 Å². The van der Waals surface area contributed by atoms with Crippen LogP contribution >= 0.6 is 0 Å². The van der Waals surface area contributed by atoms with Gasteiger partial charge in [-0.05, 0) is 24.1 Å². The smallest absolute Gasteiger partial charge is 0.430 e. The SMILES string of the molecule is Cc1cc(C(=O)NCC[N+]23CCC(CC2)[C@@H](OC(=O)C(O)(c2ccccc2)c2ccccc2)C3)n(C)n1.O=C([O-])C(F)(F)F. The van der Waals surface area contributed by atoms with Crippen LogP contribution in [0.3, 0.4) is 0 Å². The predicted molar refractivity (Wildman–Crippen MR) is 150 cm³/mol. The zero-order valence-electron chi connectivity index (χ0n) is 24.4. The van der Waals surface area contributed by atoms with Crippen molar-refractivity contribution in [3.63, 3.8) is 0 Å². The van der Waals surface area contributed by atoms with Crippen LogP contribution in [-0.4, -0.2) is 82.2 Å². The van der Waals surface area contributed by atoms with Crippen molar-refractivity contribution in [1.29, 1.82) is 0 Å². The summed E-state index contributed by atoms with van der Waals surface area (Å²) in [5.41, 5.74) is 0.453. The van der Waals surface area contributed by atoms with E-state index in [0.29, 0.717) is 29.9 Å². The van der Waals surface area contributed by atoms with Gasteiger partial charge in [-0.2, -0.15) is 18.3 Å². The molecule has 0 radical (unpaired) electrons. The van der Waals surface area contributed by atoms with Gasteiger partial charge < -0.3 is 29.5 Å². The van der Waals surface area contributed by atoms with Crippen LogP contribution in [0.4, 0.5) is 13.2 Å². The number of hydrogen-bond acceptors (Lipinski definition) is 7. The summed E-state index contributed by atoms with van der Waals surface area (Å²) in [5, 5.41) is 27.9. The first kappa shape index (κ1) is 32.7. The van der Waals surface area contributed by atoms with Gasteiger partial charge in [-0.1, -0.05) is 60.7 Å². The number of carbonyl (C=O) groups excluding carboxylic acids is 3. The molecule has 236 valence electrons. The molecule has 3 aliphatic heterocycles. The second-order valence-electron chi connectivity index (χ2n) is 11.3. The third-order valence-corrected chi connectivity index (χ3v) is 8.32. The first-order chi connectivity index (χ1) is 20.7. The molecule has 1 aromatic heterocycles. The van der Waals surface area contributed by atoms with Crippen LogP contribution in [0, 0.1) is 12.8 Å². The minimum absolute atomic E-state index is 0.132. The van der Waals surface area contributed by atoms with E-state index in [1.807, 2.05) is 43.3 Å². The van der Waals surface area contributed by atoms with E-state index in [2.05, 4.69) is 10.4 Å². The van der Waals surface area contributed by atoms with E-state index >= 15 is 0 Å². The van der Waals surface area contributed by atoms with Gasteiger partial charge in [0.25, 0.3) is 5.91 Å². The van der Waals surface area contributed by atoms with Gasteiger partial charge in [-0.25, -0.2) is 4.79 Å². The van der Waals surface area contributed by atoms with E-state index in [1.165, 1.54) is 0 Å². The molecule has 3 saturated heterocycles. The topological polar surface area (TPSA) is 134 Å². The molecule has 44 heavy (non-hydrogen) atoms. The maximum atomic E-state index is 13.7. The van der Waals surface area contributed by atoms with Gasteiger partial charge in [0.2, 0.25) is 5.60 Å². The van der Waals surface area contributed by atoms with Gasteiger partial charge in [0.05, 0.1) is 31.9 Å². The molecule has 1 amide bonds. The number of rotatable bonds is 8. The lowest BCUT2D eigenvalue weighted by Gasteiger charge is -2.52. The fraction of sp³-hybridized carbons (Fsp3) is 0.419. The average Bonchev–Trinajstić information content (AvgIpc) is 3.35. The highest BCUT2D eigenvalue weighted by atomic mass is 19.4. The lowest BCUT2D eigenvalue weighted by atomic mass is 9.82. The third kappa shape index (κ3) is 7.28. The molecular weight excluding hydrogens is 581 g/mol. The molecule has 3 fully saturated rings. The van der Waals surface area contributed by atoms with Crippen molar-refractivity contribution in [2.75, 3.05) is 32.7 Å². The number of aliphatic hydroxyl groups is 1. The Morgan fingerprint density at radius 2 is 1.57 bits per heavy atom. The van der Waals surface area contributed by atoms with Gasteiger partial charge in [-0.3, -0.25) is 9.48 Å². The van der Waals surface area contributed by atoms with Crippen molar-refractivity contribution in [3.05, 3.63) is 89.2 Å². The quantitative estimate of drug-likeness (QED) is 0.292. The van der Waals surface area contributed by atoms with E-state index in [4.69, 9.17) is 14.6 Å². The largest absolute Gasteiger partial charge is 0.542 e. The lowest BCUT2D eigenvalue weighted by Crippen LogP contribution is -2.66. The van der Waals surface area contributed by atoms with Crippen LogP contribution in [0.5, 0.6) is 0 Å². The van der Waals surface area contributed by atoms with E-state index in [0.717, 1.165) is 42.7 Å². The minimum atomic E-state index is -5.19. The number of benzene rings is 2. The number of nitrogens with zero attached hydrogens (tertiary/aromatic N) is 3. The minimum Gasteiger partial charge on any atom is -0.542 e. The third-order valence-electron chi connectivity index (χ3n) is 8.32. The number of hydrogen-bond donors (Lipinski definition) is 2. The molecule has 0 spiro atoms. The van der Waals surface area contributed by atoms with Gasteiger partial charge >= 0.3 is 12.1 Å². The van der Waals surface area contributed by atoms with Gasteiger partial charge in [0.1, 0.15) is 18.2 Å². The number of esters is 1. The number of fused-ring (bicyclic) bond motifs is 3. The second-order valence-corrected chi connectivity index (χ2v) is 11.3. The van der Waals surface area contributed by atoms with Crippen molar-refractivity contribution in [1.82, 2.24) is 15.1 Å². The van der Waals surface area contributed by atoms with Gasteiger partial charge in [0.15, 0.2) is 6.10 Å². The predicted octanol–water partition coefficient (Wildman–Crippen LogP) is 1.85. The van der Waals surface area contributed by atoms with Crippen LogP contribution < -0.4 is 10.4 Å². The van der Waals surface area contributed by atoms with Gasteiger partial charge in [0, 0.05) is 25.8 Å². The molecule has 3 aliphatic rings. The van der Waals surface area contributed by atoms with E-state index in [-0.39, 0.29) is 17.9 Å². The van der Waals surface area contributed by atoms with Crippen LogP contribution in [0.15, 0.2) is 66.7 Å². The lowest BCUT2D eigenvalue weighted by molar-refractivity contribution is -0.945. The summed E-state index contributed by atoms with van der Waals surface area (Å²) in [6.07, 6.45) is -3.55. The van der Waals surface area contributed by atoms with Crippen molar-refractivity contribution >= 4 is 17.8 Å². The highest BCUT2D eigenvalue weighted by Crippen LogP contribution is 2.38. The summed E-state index contributed by atoms with van der Waals surface area (Å²) in [7, 11) is 1.77. The van der Waals surface area contributed by atoms with Crippen molar-refractivity contribution in [2.24, 2.45) is 13.0 Å². The molecule has 10 nitrogen and oxygen atoms in total. The average molecular weight is 617 g/mol. The normalized spacial score (nSPS) is 21.1. The van der Waals surface area contributed by atoms with Crippen molar-refractivity contribution in [3.8, 4) is 0 Å². The Balaban J connectivity index is 0.000000566. The fourth-order valence-electron chi connectivity index (χ4n) is 5.97. The standard InChI is InChI=1S/C29H34N4O4.C2HF3O2/c1-21-19-25(32(2)31-21)27(34)30-15-18-33-16-13-22(14-17-33)26(20-33)37-28(35)29(36,23-9-5-3-6-10-23)24-11-7-4-8-12-24;3-2(4,5)1(6)7/h3-12,19,22,26,36H,13-18,20H2,1-2H3;(H,6,7)/t22?,26-,33?;/m0./s1. The summed E-state index contributed by atoms with van der Waals surface area (Å²) in [4.78, 5) is 35.1. The molecule has 0 aliphatic carbocycles. The Kier molecular flexibility index (Phi) is 9.79. The van der Waals surface area contributed by atoms with E-state index < -0.39 is 23.7 Å². The Morgan fingerprint density at radius 1 is 1.05 bits per heavy atom. The summed E-state index contributed by atoms with van der Waals surface area (Å²) in [6.45, 7) is 5.86. The number of carbonyl (C=O) groups is 3. The molecular formula is C31H35F3N4O6. The Morgan fingerprint density at radius 3 is 2.02 bits per heavy atom. The van der Waals surface area contributed by atoms with Crippen LogP contribution in [-0.2, 0) is 27.0 Å². The first-order valence-corrected chi connectivity index (χ1v) is 14.2. The van der Waals surface area contributed by atoms with Gasteiger partial charge in [-0.15, -0.1) is 0 Å². The molecule has 2 bridgehead atoms. The monoisotopic (exact) mass is 616 g/mol. The number of aromatic nitrogens is 2. The van der Waals surface area contributed by atoms with Crippen LogP contribution in [0.25, 0.3) is 0 Å². The Labute approximate surface area is 252 Å². The van der Waals surface area contributed by atoms with Crippen molar-refractivity contribution < 1.29 is 47.0 Å². The molecule has 13 heteroatoms. The number of amides is 1. The van der Waals surface area contributed by atoms with Crippen LogP contribution in [0.2, 0.25) is 0 Å². The molecule has 2 aromatic carbocycles. The highest BCUT2D eigenvalue weighted by molar-refractivity contribution is 5.92. The maximum Gasteiger partial charge on any atom is 0.430 e. The zero-order chi connectivity index (χ0) is 32.1. The number of aryl methyl sites for hydroxylation is 2. The number of nitrogens with one attached hydrogen (secondary N) is 1. The number of alkyl halides is 3. The molecule has 6 rings (SSSR count). The van der Waals surface area contributed by atoms with E-state index in [1.54, 1.807) is 42.1 Å². The van der Waals surface area contributed by atoms with Crippen LogP contribution in [0.1, 0.15) is 40.2 Å². The summed E-state index contributed by atoms with van der Waals surface area (Å²) in [6, 6.07) is 19.8. The Hall–Kier alpha value is -4.23. The maximum absolute atomic E-state index is 13.7. The molecule has 3 aromatic rings. The highest BCUT2D eigenvalue weighted by Gasteiger charge is 2.50. The summed E-state index contributed by atoms with van der Waals surface area (Å²) < 4.78 is 40.1. The molecule has 0 saturated carbocycles. The molecule has 1 atom stereocenters. The molecule has 4 heterocycles. The molecule has 2 N–H and O–H groups in total. The fourth-order valence-corrected chi connectivity index (χ4v) is 5.97. The first-order valence-electron chi connectivity index (χ1n) is 14.2. The zero-order valence-corrected chi connectivity index (χ0v) is 24.4. The number of quaternary nitrogens is 1. The summed E-state index contributed by atoms with van der Waals surface area (Å²) in [5.74, 6) is -3.49. The molecule has 0 unspecified atom stereocenters. The number of aliphatic carboxylic acids is 1. The number of carboxylic acids is 1. The summed E-state index contributed by atoms with van der Waals surface area (Å²) >= 11 is 0. The van der Waals surface area contributed by atoms with Crippen molar-refractivity contribution in [2.45, 2.75) is 37.6 Å².